The van der Waals surface area contributed by atoms with Gasteiger partial charge in [0.2, 0.25) is 11.8 Å². The SMILES string of the molecule is CCc1ccccc1NC(=O)CCN(C(C)=O)c1cccc(C)c1. The van der Waals surface area contributed by atoms with E-state index in [9.17, 15) is 9.59 Å². The second kappa shape index (κ2) is 8.29. The summed E-state index contributed by atoms with van der Waals surface area (Å²) < 4.78 is 0. The molecule has 2 amide bonds. The largest absolute Gasteiger partial charge is 0.326 e. The number of amides is 2. The summed E-state index contributed by atoms with van der Waals surface area (Å²) in [6.45, 7) is 5.92. The fraction of sp³-hybridized carbons (Fsp3) is 0.300. The molecule has 4 heteroatoms. The van der Waals surface area contributed by atoms with Gasteiger partial charge in [0.15, 0.2) is 0 Å². The molecule has 0 saturated heterocycles. The Morgan fingerprint density at radius 2 is 1.83 bits per heavy atom. The fourth-order valence-corrected chi connectivity index (χ4v) is 2.64. The number of nitrogens with one attached hydrogen (secondary N) is 1. The molecule has 0 atom stereocenters. The van der Waals surface area contributed by atoms with Crippen LogP contribution in [0.15, 0.2) is 48.5 Å². The minimum atomic E-state index is -0.0881. The van der Waals surface area contributed by atoms with Crippen molar-refractivity contribution >= 4 is 23.2 Å². The summed E-state index contributed by atoms with van der Waals surface area (Å²) in [6.07, 6.45) is 1.12. The van der Waals surface area contributed by atoms with Gasteiger partial charge in [0.1, 0.15) is 0 Å². The van der Waals surface area contributed by atoms with Crippen molar-refractivity contribution < 1.29 is 9.59 Å². The molecule has 0 aromatic heterocycles. The number of carbonyl (C=O) groups excluding carboxylic acids is 2. The van der Waals surface area contributed by atoms with Gasteiger partial charge in [-0.2, -0.15) is 0 Å². The molecule has 0 radical (unpaired) electrons. The molecule has 0 spiro atoms. The molecule has 2 aromatic rings. The topological polar surface area (TPSA) is 49.4 Å². The number of anilines is 2. The number of para-hydroxylation sites is 1. The van der Waals surface area contributed by atoms with Gasteiger partial charge in [-0.05, 0) is 42.7 Å². The summed E-state index contributed by atoms with van der Waals surface area (Å²) in [5, 5.41) is 2.94. The molecule has 0 aliphatic carbocycles. The lowest BCUT2D eigenvalue weighted by atomic mass is 10.1. The molecule has 4 nitrogen and oxygen atoms in total. The van der Waals surface area contributed by atoms with E-state index >= 15 is 0 Å². The van der Waals surface area contributed by atoms with Gasteiger partial charge >= 0.3 is 0 Å². The second-order valence-electron chi connectivity index (χ2n) is 5.82. The van der Waals surface area contributed by atoms with Crippen LogP contribution in [0.5, 0.6) is 0 Å². The molecule has 24 heavy (non-hydrogen) atoms. The van der Waals surface area contributed by atoms with Gasteiger partial charge in [-0.15, -0.1) is 0 Å². The molecular formula is C20H24N2O2. The number of aryl methyl sites for hydroxylation is 2. The van der Waals surface area contributed by atoms with Crippen LogP contribution in [0.4, 0.5) is 11.4 Å². The normalized spacial score (nSPS) is 10.3. The number of hydrogen-bond acceptors (Lipinski definition) is 2. The van der Waals surface area contributed by atoms with Crippen LogP contribution >= 0.6 is 0 Å². The van der Waals surface area contributed by atoms with Crippen LogP contribution in [0.25, 0.3) is 0 Å². The lowest BCUT2D eigenvalue weighted by Gasteiger charge is -2.21. The number of rotatable bonds is 6. The third-order valence-electron chi connectivity index (χ3n) is 3.93. The van der Waals surface area contributed by atoms with Crippen molar-refractivity contribution in [2.45, 2.75) is 33.6 Å². The zero-order chi connectivity index (χ0) is 17.5. The molecule has 1 N–H and O–H groups in total. The molecule has 0 aliphatic heterocycles. The summed E-state index contributed by atoms with van der Waals surface area (Å²) in [7, 11) is 0. The van der Waals surface area contributed by atoms with Crippen LogP contribution in [0.1, 0.15) is 31.4 Å². The van der Waals surface area contributed by atoms with Gasteiger partial charge in [0, 0.05) is 31.3 Å². The Hall–Kier alpha value is -2.62. The van der Waals surface area contributed by atoms with Crippen molar-refractivity contribution in [3.63, 3.8) is 0 Å². The zero-order valence-corrected chi connectivity index (χ0v) is 14.5. The third kappa shape index (κ3) is 4.69. The first-order chi connectivity index (χ1) is 11.5. The maximum absolute atomic E-state index is 12.3. The predicted molar refractivity (Wildman–Crippen MR) is 98.3 cm³/mol. The number of benzene rings is 2. The molecule has 126 valence electrons. The van der Waals surface area contributed by atoms with Crippen LogP contribution in [0.3, 0.4) is 0 Å². The molecule has 2 rings (SSSR count). The van der Waals surface area contributed by atoms with Crippen molar-refractivity contribution in [2.24, 2.45) is 0 Å². The van der Waals surface area contributed by atoms with Gasteiger partial charge in [-0.25, -0.2) is 0 Å². The fourth-order valence-electron chi connectivity index (χ4n) is 2.64. The van der Waals surface area contributed by atoms with Crippen molar-refractivity contribution in [1.29, 1.82) is 0 Å². The third-order valence-corrected chi connectivity index (χ3v) is 3.93. The van der Waals surface area contributed by atoms with E-state index in [1.165, 1.54) is 6.92 Å². The van der Waals surface area contributed by atoms with E-state index in [1.54, 1.807) is 4.90 Å². The van der Waals surface area contributed by atoms with Crippen molar-refractivity contribution in [1.82, 2.24) is 0 Å². The molecule has 0 aliphatic rings. The van der Waals surface area contributed by atoms with E-state index in [0.717, 1.165) is 28.9 Å². The smallest absolute Gasteiger partial charge is 0.226 e. The molecule has 2 aromatic carbocycles. The van der Waals surface area contributed by atoms with E-state index in [2.05, 4.69) is 12.2 Å². The lowest BCUT2D eigenvalue weighted by molar-refractivity contribution is -0.117. The Kier molecular flexibility index (Phi) is 6.13. The Bertz CT molecular complexity index is 725. The first kappa shape index (κ1) is 17.7. The zero-order valence-electron chi connectivity index (χ0n) is 14.5. The van der Waals surface area contributed by atoms with Gasteiger partial charge in [-0.3, -0.25) is 9.59 Å². The Labute approximate surface area is 143 Å². The van der Waals surface area contributed by atoms with Gasteiger partial charge in [-0.1, -0.05) is 37.3 Å². The van der Waals surface area contributed by atoms with E-state index in [-0.39, 0.29) is 18.2 Å². The first-order valence-corrected chi connectivity index (χ1v) is 8.23. The lowest BCUT2D eigenvalue weighted by Crippen LogP contribution is -2.32. The highest BCUT2D eigenvalue weighted by Gasteiger charge is 2.14. The molecule has 0 fully saturated rings. The molecule has 0 heterocycles. The summed E-state index contributed by atoms with van der Waals surface area (Å²) in [6, 6.07) is 15.5. The minimum absolute atomic E-state index is 0.0673. The predicted octanol–water partition coefficient (Wildman–Crippen LogP) is 3.94. The highest BCUT2D eigenvalue weighted by molar-refractivity contribution is 5.95. The first-order valence-electron chi connectivity index (χ1n) is 8.23. The van der Waals surface area contributed by atoms with Gasteiger partial charge in [0.25, 0.3) is 0 Å². The number of nitrogens with zero attached hydrogens (tertiary/aromatic N) is 1. The molecule has 0 unspecified atom stereocenters. The quantitative estimate of drug-likeness (QED) is 0.875. The Morgan fingerprint density at radius 1 is 1.08 bits per heavy atom. The van der Waals surface area contributed by atoms with Crippen LogP contribution < -0.4 is 10.2 Å². The number of hydrogen-bond donors (Lipinski definition) is 1. The molecular weight excluding hydrogens is 300 g/mol. The van der Waals surface area contributed by atoms with E-state index in [4.69, 9.17) is 0 Å². The highest BCUT2D eigenvalue weighted by atomic mass is 16.2. The minimum Gasteiger partial charge on any atom is -0.326 e. The summed E-state index contributed by atoms with van der Waals surface area (Å²) >= 11 is 0. The second-order valence-corrected chi connectivity index (χ2v) is 5.82. The average Bonchev–Trinajstić information content (AvgIpc) is 2.55. The van der Waals surface area contributed by atoms with E-state index < -0.39 is 0 Å². The van der Waals surface area contributed by atoms with Crippen molar-refractivity contribution in [3.8, 4) is 0 Å². The summed E-state index contributed by atoms with van der Waals surface area (Å²) in [4.78, 5) is 25.8. The standard InChI is InChI=1S/C20H24N2O2/c1-4-17-9-5-6-11-19(17)21-20(24)12-13-22(16(3)23)18-10-7-8-15(2)14-18/h5-11,14H,4,12-13H2,1-3H3,(H,21,24). The van der Waals surface area contributed by atoms with Crippen LogP contribution in [0, 0.1) is 6.92 Å². The summed E-state index contributed by atoms with van der Waals surface area (Å²) in [5.74, 6) is -0.155. The highest BCUT2D eigenvalue weighted by Crippen LogP contribution is 2.18. The van der Waals surface area contributed by atoms with Crippen molar-refractivity contribution in [2.75, 3.05) is 16.8 Å². The average molecular weight is 324 g/mol. The van der Waals surface area contributed by atoms with Gasteiger partial charge < -0.3 is 10.2 Å². The van der Waals surface area contributed by atoms with Crippen molar-refractivity contribution in [3.05, 3.63) is 59.7 Å². The molecule has 0 saturated carbocycles. The van der Waals surface area contributed by atoms with Crippen LogP contribution in [-0.2, 0) is 16.0 Å². The molecule has 0 bridgehead atoms. The van der Waals surface area contributed by atoms with Crippen LogP contribution in [-0.4, -0.2) is 18.4 Å². The Morgan fingerprint density at radius 3 is 2.50 bits per heavy atom. The number of carbonyl (C=O) groups is 2. The summed E-state index contributed by atoms with van der Waals surface area (Å²) in [5.41, 5.74) is 3.85. The Balaban J connectivity index is 2.02. The van der Waals surface area contributed by atoms with E-state index in [0.29, 0.717) is 6.54 Å². The van der Waals surface area contributed by atoms with Crippen LogP contribution in [0.2, 0.25) is 0 Å². The maximum Gasteiger partial charge on any atom is 0.226 e. The maximum atomic E-state index is 12.3. The monoisotopic (exact) mass is 324 g/mol. The van der Waals surface area contributed by atoms with Gasteiger partial charge in [0.05, 0.1) is 0 Å². The van der Waals surface area contributed by atoms with E-state index in [1.807, 2.05) is 55.5 Å².